The fourth-order valence-corrected chi connectivity index (χ4v) is 3.19. The van der Waals surface area contributed by atoms with Gasteiger partial charge in [-0.05, 0) is 55.0 Å². The first-order chi connectivity index (χ1) is 13.6. The average Bonchev–Trinajstić information content (AvgIpc) is 3.03. The lowest BCUT2D eigenvalue weighted by Crippen LogP contribution is -2.21. The molecule has 28 heavy (non-hydrogen) atoms. The summed E-state index contributed by atoms with van der Waals surface area (Å²) < 4.78 is 0. The van der Waals surface area contributed by atoms with Gasteiger partial charge in [0.15, 0.2) is 0 Å². The Kier molecular flexibility index (Phi) is 4.77. The number of nitrogens with zero attached hydrogens (tertiary/aromatic N) is 3. The predicted octanol–water partition coefficient (Wildman–Crippen LogP) is 5.26. The van der Waals surface area contributed by atoms with E-state index in [1.54, 1.807) is 0 Å². The third-order valence-electron chi connectivity index (χ3n) is 4.80. The highest BCUT2D eigenvalue weighted by Gasteiger charge is 2.28. The molecule has 1 amide bonds. The molecule has 0 saturated carbocycles. The molecule has 0 atom stereocenters. The van der Waals surface area contributed by atoms with Crippen molar-refractivity contribution in [2.45, 2.75) is 6.92 Å². The van der Waals surface area contributed by atoms with Crippen molar-refractivity contribution in [2.24, 2.45) is 5.10 Å². The Labute approximate surface area is 165 Å². The minimum atomic E-state index is -0.103. The van der Waals surface area contributed by atoms with Crippen molar-refractivity contribution in [2.75, 3.05) is 17.0 Å². The molecule has 0 bridgehead atoms. The van der Waals surface area contributed by atoms with Gasteiger partial charge < -0.3 is 4.90 Å². The number of hydrogen-bond donors (Lipinski definition) is 0. The summed E-state index contributed by atoms with van der Waals surface area (Å²) in [4.78, 5) is 14.9. The SMILES string of the molecule is CC1=NN(c2ccccc2)C(=O)/C1=C\c1ccc(N(C)c2ccccc2)cc1. The smallest absolute Gasteiger partial charge is 0.280 e. The van der Waals surface area contributed by atoms with Crippen molar-refractivity contribution in [3.8, 4) is 0 Å². The normalized spacial score (nSPS) is 15.1. The Morgan fingerprint density at radius 2 is 1.39 bits per heavy atom. The third-order valence-corrected chi connectivity index (χ3v) is 4.80. The maximum atomic E-state index is 12.8. The lowest BCUT2D eigenvalue weighted by molar-refractivity contribution is -0.114. The molecular weight excluding hydrogens is 346 g/mol. The standard InChI is InChI=1S/C24H21N3O/c1-18-23(24(28)27(25-18)22-11-7-4-8-12-22)17-19-13-15-21(16-14-19)26(2)20-9-5-3-6-10-20/h3-17H,1-2H3/b23-17-. The molecule has 0 saturated heterocycles. The van der Waals surface area contributed by atoms with Crippen LogP contribution in [0.25, 0.3) is 6.08 Å². The van der Waals surface area contributed by atoms with Crippen molar-refractivity contribution in [3.63, 3.8) is 0 Å². The second-order valence-corrected chi connectivity index (χ2v) is 6.68. The molecule has 138 valence electrons. The van der Waals surface area contributed by atoms with Gasteiger partial charge in [0, 0.05) is 18.4 Å². The minimum Gasteiger partial charge on any atom is -0.345 e. The van der Waals surface area contributed by atoms with E-state index in [4.69, 9.17) is 0 Å². The van der Waals surface area contributed by atoms with Gasteiger partial charge in [-0.15, -0.1) is 0 Å². The van der Waals surface area contributed by atoms with Crippen LogP contribution in [0.1, 0.15) is 12.5 Å². The zero-order valence-corrected chi connectivity index (χ0v) is 15.9. The highest BCUT2D eigenvalue weighted by atomic mass is 16.2. The zero-order valence-electron chi connectivity index (χ0n) is 15.9. The van der Waals surface area contributed by atoms with Gasteiger partial charge >= 0.3 is 0 Å². The van der Waals surface area contributed by atoms with Crippen molar-refractivity contribution >= 4 is 34.8 Å². The largest absolute Gasteiger partial charge is 0.345 e. The number of hydrogen-bond acceptors (Lipinski definition) is 3. The summed E-state index contributed by atoms with van der Waals surface area (Å²) in [6.45, 7) is 1.87. The molecule has 1 heterocycles. The van der Waals surface area contributed by atoms with E-state index in [0.29, 0.717) is 5.57 Å². The maximum Gasteiger partial charge on any atom is 0.280 e. The van der Waals surface area contributed by atoms with Gasteiger partial charge in [0.05, 0.1) is 17.0 Å². The van der Waals surface area contributed by atoms with Crippen LogP contribution < -0.4 is 9.91 Å². The van der Waals surface area contributed by atoms with E-state index in [-0.39, 0.29) is 5.91 Å². The van der Waals surface area contributed by atoms with E-state index in [2.05, 4.69) is 34.3 Å². The summed E-state index contributed by atoms with van der Waals surface area (Å²) in [5.74, 6) is -0.103. The predicted molar refractivity (Wildman–Crippen MR) is 116 cm³/mol. The molecule has 4 rings (SSSR count). The van der Waals surface area contributed by atoms with Crippen LogP contribution in [0.2, 0.25) is 0 Å². The van der Waals surface area contributed by atoms with Gasteiger partial charge in [0.1, 0.15) is 0 Å². The van der Waals surface area contributed by atoms with Crippen LogP contribution in [0, 0.1) is 0 Å². The summed E-state index contributed by atoms with van der Waals surface area (Å²) in [6, 6.07) is 27.8. The quantitative estimate of drug-likeness (QED) is 0.590. The number of rotatable bonds is 4. The van der Waals surface area contributed by atoms with Crippen LogP contribution in [0.5, 0.6) is 0 Å². The molecule has 0 aliphatic carbocycles. The Bertz CT molecular complexity index is 1040. The summed E-state index contributed by atoms with van der Waals surface area (Å²) in [6.07, 6.45) is 1.90. The molecule has 4 nitrogen and oxygen atoms in total. The van der Waals surface area contributed by atoms with E-state index >= 15 is 0 Å². The second-order valence-electron chi connectivity index (χ2n) is 6.68. The van der Waals surface area contributed by atoms with Crippen LogP contribution in [0.4, 0.5) is 17.1 Å². The highest BCUT2D eigenvalue weighted by Crippen LogP contribution is 2.26. The molecule has 1 aliphatic heterocycles. The van der Waals surface area contributed by atoms with Crippen molar-refractivity contribution < 1.29 is 4.79 Å². The summed E-state index contributed by atoms with van der Waals surface area (Å²) in [5, 5.41) is 5.88. The van der Waals surface area contributed by atoms with Crippen molar-refractivity contribution in [1.82, 2.24) is 0 Å². The van der Waals surface area contributed by atoms with Gasteiger partial charge in [-0.3, -0.25) is 4.79 Å². The zero-order chi connectivity index (χ0) is 19.5. The summed E-state index contributed by atoms with van der Waals surface area (Å²) >= 11 is 0. The molecular formula is C24H21N3O. The first-order valence-corrected chi connectivity index (χ1v) is 9.19. The Morgan fingerprint density at radius 3 is 2.04 bits per heavy atom. The molecule has 0 N–H and O–H groups in total. The molecule has 0 aromatic heterocycles. The second kappa shape index (κ2) is 7.53. The number of amides is 1. The number of hydrazone groups is 1. The number of benzene rings is 3. The molecule has 0 spiro atoms. The average molecular weight is 367 g/mol. The third kappa shape index (κ3) is 3.45. The number of anilines is 3. The molecule has 4 heteroatoms. The van der Waals surface area contributed by atoms with Gasteiger partial charge in [0.25, 0.3) is 5.91 Å². The lowest BCUT2D eigenvalue weighted by atomic mass is 10.1. The Balaban J connectivity index is 1.56. The van der Waals surface area contributed by atoms with Crippen LogP contribution in [-0.2, 0) is 4.79 Å². The van der Waals surface area contributed by atoms with E-state index < -0.39 is 0 Å². The molecule has 0 unspecified atom stereocenters. The fraction of sp³-hybridized carbons (Fsp3) is 0.0833. The minimum absolute atomic E-state index is 0.103. The van der Waals surface area contributed by atoms with Gasteiger partial charge in [-0.1, -0.05) is 48.5 Å². The summed E-state index contributed by atoms with van der Waals surface area (Å²) in [7, 11) is 2.04. The van der Waals surface area contributed by atoms with Crippen LogP contribution in [-0.4, -0.2) is 18.7 Å². The topological polar surface area (TPSA) is 35.9 Å². The molecule has 0 radical (unpaired) electrons. The Morgan fingerprint density at radius 1 is 0.821 bits per heavy atom. The van der Waals surface area contributed by atoms with E-state index in [1.807, 2.05) is 80.7 Å². The number of carbonyl (C=O) groups is 1. The Hall–Kier alpha value is -3.66. The first-order valence-electron chi connectivity index (χ1n) is 9.19. The maximum absolute atomic E-state index is 12.8. The molecule has 1 aliphatic rings. The highest BCUT2D eigenvalue weighted by molar-refractivity contribution is 6.32. The molecule has 3 aromatic rings. The van der Waals surface area contributed by atoms with E-state index in [9.17, 15) is 4.79 Å². The lowest BCUT2D eigenvalue weighted by Gasteiger charge is -2.19. The van der Waals surface area contributed by atoms with Crippen LogP contribution in [0.15, 0.2) is 95.6 Å². The monoisotopic (exact) mass is 367 g/mol. The first kappa shape index (κ1) is 17.7. The van der Waals surface area contributed by atoms with Crippen molar-refractivity contribution in [1.29, 1.82) is 0 Å². The van der Waals surface area contributed by atoms with E-state index in [1.165, 1.54) is 5.01 Å². The summed E-state index contributed by atoms with van der Waals surface area (Å²) in [5.41, 5.74) is 5.30. The van der Waals surface area contributed by atoms with Crippen molar-refractivity contribution in [3.05, 3.63) is 96.1 Å². The van der Waals surface area contributed by atoms with Gasteiger partial charge in [-0.25, -0.2) is 0 Å². The number of carbonyl (C=O) groups excluding carboxylic acids is 1. The van der Waals surface area contributed by atoms with Gasteiger partial charge in [0.2, 0.25) is 0 Å². The number of para-hydroxylation sites is 2. The van der Waals surface area contributed by atoms with Crippen LogP contribution >= 0.6 is 0 Å². The fourth-order valence-electron chi connectivity index (χ4n) is 3.19. The van der Waals surface area contributed by atoms with Gasteiger partial charge in [-0.2, -0.15) is 10.1 Å². The van der Waals surface area contributed by atoms with Crippen LogP contribution in [0.3, 0.4) is 0 Å². The molecule has 0 fully saturated rings. The molecule has 3 aromatic carbocycles. The van der Waals surface area contributed by atoms with E-state index in [0.717, 1.165) is 28.3 Å².